The van der Waals surface area contributed by atoms with Crippen molar-refractivity contribution in [1.29, 1.82) is 0 Å². The summed E-state index contributed by atoms with van der Waals surface area (Å²) in [6, 6.07) is 6.07. The molecule has 0 aliphatic heterocycles. The number of nitrogens with zero attached hydrogens (tertiary/aromatic N) is 3. The molecule has 0 bridgehead atoms. The van der Waals surface area contributed by atoms with Gasteiger partial charge in [-0.15, -0.1) is 35.3 Å². The number of hydrogen-bond donors (Lipinski definition) is 1. The van der Waals surface area contributed by atoms with Gasteiger partial charge in [0, 0.05) is 31.6 Å². The summed E-state index contributed by atoms with van der Waals surface area (Å²) in [5.74, 6) is 0.851. The van der Waals surface area contributed by atoms with Gasteiger partial charge in [-0.1, -0.05) is 5.16 Å². The minimum atomic E-state index is 0. The summed E-state index contributed by atoms with van der Waals surface area (Å²) in [7, 11) is 3.76. The summed E-state index contributed by atoms with van der Waals surface area (Å²) < 4.78 is 6.00. The largest absolute Gasteiger partial charge is 0.364 e. The number of halogens is 2. The molecule has 2 aromatic rings. The Balaban J connectivity index is 0.00000220. The molecule has 1 N–H and O–H groups in total. The molecule has 0 radical (unpaired) electrons. The monoisotopic (exact) mass is 484 g/mol. The molecule has 0 unspecified atom stereocenters. The van der Waals surface area contributed by atoms with E-state index in [1.807, 2.05) is 18.0 Å². The van der Waals surface area contributed by atoms with E-state index in [9.17, 15) is 0 Å². The predicted octanol–water partition coefficient (Wildman–Crippen LogP) is 3.37. The first-order valence-corrected chi connectivity index (χ1v) is 7.85. The van der Waals surface area contributed by atoms with E-state index < -0.39 is 0 Å². The summed E-state index contributed by atoms with van der Waals surface area (Å²) in [5.41, 5.74) is 0.887. The third-order valence-corrected chi connectivity index (χ3v) is 4.43. The van der Waals surface area contributed by atoms with Gasteiger partial charge in [-0.05, 0) is 34.5 Å². The second-order valence-electron chi connectivity index (χ2n) is 4.28. The van der Waals surface area contributed by atoms with Crippen LogP contribution in [0.2, 0.25) is 0 Å². The molecule has 0 amide bonds. The Morgan fingerprint density at radius 3 is 2.86 bits per heavy atom. The van der Waals surface area contributed by atoms with Crippen molar-refractivity contribution < 1.29 is 4.52 Å². The number of rotatable bonds is 5. The van der Waals surface area contributed by atoms with Gasteiger partial charge in [0.15, 0.2) is 5.96 Å². The molecule has 0 atom stereocenters. The molecule has 0 saturated heterocycles. The van der Waals surface area contributed by atoms with Crippen LogP contribution in [0, 0.1) is 0 Å². The highest BCUT2D eigenvalue weighted by Gasteiger charge is 2.08. The second-order valence-corrected chi connectivity index (χ2v) is 6.82. The van der Waals surface area contributed by atoms with E-state index in [-0.39, 0.29) is 24.0 Å². The van der Waals surface area contributed by atoms with Crippen LogP contribution < -0.4 is 5.32 Å². The van der Waals surface area contributed by atoms with Crippen LogP contribution >= 0.6 is 51.2 Å². The molecule has 0 fully saturated rings. The van der Waals surface area contributed by atoms with Crippen molar-refractivity contribution >= 4 is 57.2 Å². The maximum atomic E-state index is 4.83. The van der Waals surface area contributed by atoms with Crippen molar-refractivity contribution in [1.82, 2.24) is 15.4 Å². The highest BCUT2D eigenvalue weighted by atomic mass is 127. The van der Waals surface area contributed by atoms with Crippen LogP contribution in [-0.2, 0) is 13.0 Å². The topological polar surface area (TPSA) is 53.7 Å². The molecule has 0 saturated carbocycles. The van der Waals surface area contributed by atoms with Gasteiger partial charge in [0.05, 0.1) is 10.3 Å². The molecule has 21 heavy (non-hydrogen) atoms. The zero-order valence-electron chi connectivity index (χ0n) is 11.9. The third kappa shape index (κ3) is 5.95. The molecule has 2 rings (SSSR count). The number of aromatic nitrogens is 1. The number of guanidine groups is 1. The molecule has 116 valence electrons. The van der Waals surface area contributed by atoms with E-state index in [4.69, 9.17) is 4.52 Å². The Morgan fingerprint density at radius 2 is 2.29 bits per heavy atom. The van der Waals surface area contributed by atoms with E-state index in [1.165, 1.54) is 8.66 Å². The Morgan fingerprint density at radius 1 is 1.48 bits per heavy atom. The summed E-state index contributed by atoms with van der Waals surface area (Å²) in [5, 5.41) is 7.25. The zero-order chi connectivity index (χ0) is 14.4. The van der Waals surface area contributed by atoms with Gasteiger partial charge >= 0.3 is 0 Å². The van der Waals surface area contributed by atoms with Crippen molar-refractivity contribution in [2.75, 3.05) is 20.6 Å². The van der Waals surface area contributed by atoms with E-state index >= 15 is 0 Å². The van der Waals surface area contributed by atoms with Crippen LogP contribution in [0.1, 0.15) is 10.6 Å². The Kier molecular flexibility index (Phi) is 8.27. The molecular weight excluding hydrogens is 467 g/mol. The maximum Gasteiger partial charge on any atom is 0.193 e. The first kappa shape index (κ1) is 18.4. The fraction of sp³-hybridized carbons (Fsp3) is 0.385. The Bertz CT molecular complexity index is 558. The first-order valence-electron chi connectivity index (χ1n) is 6.24. The number of nitrogens with one attached hydrogen (secondary N) is 1. The van der Waals surface area contributed by atoms with Crippen molar-refractivity contribution in [2.45, 2.75) is 13.0 Å². The van der Waals surface area contributed by atoms with Crippen molar-refractivity contribution in [3.05, 3.63) is 38.8 Å². The average molecular weight is 485 g/mol. The number of thiophene rings is 1. The molecule has 2 heterocycles. The van der Waals surface area contributed by atoms with Crippen LogP contribution in [0.25, 0.3) is 0 Å². The van der Waals surface area contributed by atoms with Crippen molar-refractivity contribution in [2.24, 2.45) is 4.99 Å². The summed E-state index contributed by atoms with van der Waals surface area (Å²) >= 11 is 5.23. The first-order chi connectivity index (χ1) is 9.69. The quantitative estimate of drug-likeness (QED) is 0.401. The van der Waals surface area contributed by atoms with Gasteiger partial charge in [0.2, 0.25) is 0 Å². The van der Waals surface area contributed by atoms with Crippen LogP contribution in [-0.4, -0.2) is 36.7 Å². The minimum Gasteiger partial charge on any atom is -0.364 e. The van der Waals surface area contributed by atoms with E-state index in [0.717, 1.165) is 24.6 Å². The average Bonchev–Trinajstić information content (AvgIpc) is 3.06. The van der Waals surface area contributed by atoms with Crippen molar-refractivity contribution in [3.63, 3.8) is 0 Å². The lowest BCUT2D eigenvalue weighted by molar-refractivity contribution is 0.391. The number of hydrogen-bond acceptors (Lipinski definition) is 4. The SMILES string of the molecule is CN=C(NCCc1ccc(Br)s1)N(C)Cc1ccon1.I. The van der Waals surface area contributed by atoms with Gasteiger partial charge in [-0.2, -0.15) is 0 Å². The fourth-order valence-electron chi connectivity index (χ4n) is 1.81. The van der Waals surface area contributed by atoms with Gasteiger partial charge in [0.25, 0.3) is 0 Å². The highest BCUT2D eigenvalue weighted by molar-refractivity contribution is 14.0. The maximum absolute atomic E-state index is 4.83. The molecule has 0 spiro atoms. The molecule has 0 aromatic carbocycles. The fourth-order valence-corrected chi connectivity index (χ4v) is 3.29. The van der Waals surface area contributed by atoms with Crippen LogP contribution in [0.15, 0.2) is 37.8 Å². The third-order valence-electron chi connectivity index (χ3n) is 2.75. The van der Waals surface area contributed by atoms with E-state index in [0.29, 0.717) is 6.54 Å². The van der Waals surface area contributed by atoms with Gasteiger partial charge in [-0.3, -0.25) is 4.99 Å². The van der Waals surface area contributed by atoms with Crippen LogP contribution in [0.5, 0.6) is 0 Å². The molecule has 2 aromatic heterocycles. The van der Waals surface area contributed by atoms with Crippen molar-refractivity contribution in [3.8, 4) is 0 Å². The van der Waals surface area contributed by atoms with Gasteiger partial charge in [-0.25, -0.2) is 0 Å². The summed E-state index contributed by atoms with van der Waals surface area (Å²) in [6.45, 7) is 1.52. The Labute approximate surface area is 154 Å². The lowest BCUT2D eigenvalue weighted by Crippen LogP contribution is -2.39. The van der Waals surface area contributed by atoms with Crippen LogP contribution in [0.4, 0.5) is 0 Å². The summed E-state index contributed by atoms with van der Waals surface area (Å²) in [4.78, 5) is 7.63. The molecule has 8 heteroatoms. The van der Waals surface area contributed by atoms with Gasteiger partial charge < -0.3 is 14.7 Å². The van der Waals surface area contributed by atoms with E-state index in [1.54, 1.807) is 24.6 Å². The van der Waals surface area contributed by atoms with E-state index in [2.05, 4.69) is 43.5 Å². The lowest BCUT2D eigenvalue weighted by atomic mass is 10.3. The molecule has 0 aliphatic carbocycles. The Hall–Kier alpha value is -0.610. The molecular formula is C13H18BrIN4OS. The van der Waals surface area contributed by atoms with Crippen LogP contribution in [0.3, 0.4) is 0 Å². The van der Waals surface area contributed by atoms with Gasteiger partial charge in [0.1, 0.15) is 12.0 Å². The predicted molar refractivity (Wildman–Crippen MR) is 100 cm³/mol. The molecule has 5 nitrogen and oxygen atoms in total. The highest BCUT2D eigenvalue weighted by Crippen LogP contribution is 2.22. The smallest absolute Gasteiger partial charge is 0.193 e. The zero-order valence-corrected chi connectivity index (χ0v) is 16.6. The minimum absolute atomic E-state index is 0. The summed E-state index contributed by atoms with van der Waals surface area (Å²) in [6.07, 6.45) is 2.56. The lowest BCUT2D eigenvalue weighted by Gasteiger charge is -2.20. The molecule has 0 aliphatic rings. The standard InChI is InChI=1S/C13H17BrN4OS.HI/c1-15-13(18(2)9-10-6-8-19-17-10)16-7-5-11-3-4-12(14)20-11;/h3-4,6,8H,5,7,9H2,1-2H3,(H,15,16);1H. The normalized spacial score (nSPS) is 11.1. The second kappa shape index (κ2) is 9.42. The number of aliphatic imine (C=N–C) groups is 1.